The van der Waals surface area contributed by atoms with Crippen LogP contribution in [0.5, 0.6) is 0 Å². The molecule has 1 fully saturated rings. The molecule has 0 unspecified atom stereocenters. The van der Waals surface area contributed by atoms with E-state index in [1.807, 2.05) is 11.5 Å². The van der Waals surface area contributed by atoms with Crippen LogP contribution in [0.15, 0.2) is 18.1 Å². The summed E-state index contributed by atoms with van der Waals surface area (Å²) >= 11 is 0. The largest absolute Gasteiger partial charge is 0.394 e. The Morgan fingerprint density at radius 1 is 1.52 bits per heavy atom. The van der Waals surface area contributed by atoms with E-state index in [0.717, 1.165) is 6.42 Å². The second-order valence-electron chi connectivity index (χ2n) is 6.33. The second-order valence-corrected chi connectivity index (χ2v) is 6.33. The average molecular weight is 343 g/mol. The molecule has 2 aliphatic rings. The van der Waals surface area contributed by atoms with Crippen molar-refractivity contribution in [3.63, 3.8) is 0 Å². The Hall–Kier alpha value is -2.78. The summed E-state index contributed by atoms with van der Waals surface area (Å²) in [6.07, 6.45) is 4.75. The lowest BCUT2D eigenvalue weighted by Gasteiger charge is -2.18. The number of carbonyl (C=O) groups excluding carboxylic acids is 2. The maximum Gasteiger partial charge on any atom is 0.262 e. The summed E-state index contributed by atoms with van der Waals surface area (Å²) in [5.41, 5.74) is 6.36. The molecule has 2 aromatic rings. The smallest absolute Gasteiger partial charge is 0.262 e. The third-order valence-corrected chi connectivity index (χ3v) is 4.61. The molecule has 0 aromatic carbocycles. The van der Waals surface area contributed by atoms with Gasteiger partial charge in [-0.25, -0.2) is 9.97 Å². The fraction of sp³-hybridized carbons (Fsp3) is 0.375. The maximum atomic E-state index is 12.1. The van der Waals surface area contributed by atoms with Crippen LogP contribution < -0.4 is 11.1 Å². The van der Waals surface area contributed by atoms with Gasteiger partial charge in [-0.15, -0.1) is 0 Å². The van der Waals surface area contributed by atoms with Crippen LogP contribution in [0.1, 0.15) is 25.1 Å². The predicted molar refractivity (Wildman–Crippen MR) is 88.1 cm³/mol. The SMILES string of the molecule is C[C@H]1C[C@@H](CO)O[C@H]1n1cc2c3c(ncnc31)NC(=O)C(C(N)=O)=C2. The summed E-state index contributed by atoms with van der Waals surface area (Å²) in [5, 5.41) is 12.6. The van der Waals surface area contributed by atoms with E-state index < -0.39 is 11.8 Å². The summed E-state index contributed by atoms with van der Waals surface area (Å²) in [5.74, 6) is -0.928. The molecule has 9 nitrogen and oxygen atoms in total. The molecule has 0 bridgehead atoms. The summed E-state index contributed by atoms with van der Waals surface area (Å²) in [4.78, 5) is 32.2. The Bertz CT molecular complexity index is 919. The van der Waals surface area contributed by atoms with Crippen LogP contribution in [-0.4, -0.2) is 44.2 Å². The van der Waals surface area contributed by atoms with Crippen molar-refractivity contribution in [2.45, 2.75) is 25.7 Å². The second kappa shape index (κ2) is 5.64. The molecule has 4 N–H and O–H groups in total. The number of ether oxygens (including phenoxy) is 1. The van der Waals surface area contributed by atoms with Gasteiger partial charge in [-0.1, -0.05) is 6.92 Å². The van der Waals surface area contributed by atoms with Crippen LogP contribution in [0.4, 0.5) is 5.82 Å². The van der Waals surface area contributed by atoms with Gasteiger partial charge < -0.3 is 25.5 Å². The third-order valence-electron chi connectivity index (χ3n) is 4.61. The van der Waals surface area contributed by atoms with Crippen molar-refractivity contribution in [3.05, 3.63) is 23.7 Å². The molecule has 2 aromatic heterocycles. The molecular formula is C16H17N5O4. The molecule has 4 heterocycles. The highest BCUT2D eigenvalue weighted by atomic mass is 16.5. The quantitative estimate of drug-likeness (QED) is 0.681. The van der Waals surface area contributed by atoms with E-state index in [4.69, 9.17) is 10.5 Å². The number of aromatic nitrogens is 3. The third kappa shape index (κ3) is 2.39. The van der Waals surface area contributed by atoms with Crippen LogP contribution in [0.3, 0.4) is 0 Å². The number of nitrogens with zero attached hydrogens (tertiary/aromatic N) is 3. The first-order chi connectivity index (χ1) is 12.0. The van der Waals surface area contributed by atoms with Gasteiger partial charge in [0.25, 0.3) is 11.8 Å². The number of nitrogens with one attached hydrogen (secondary N) is 1. The minimum Gasteiger partial charge on any atom is -0.394 e. The molecule has 0 radical (unpaired) electrons. The maximum absolute atomic E-state index is 12.1. The molecule has 2 amide bonds. The Labute approximate surface area is 142 Å². The van der Waals surface area contributed by atoms with Crippen LogP contribution >= 0.6 is 0 Å². The zero-order valence-electron chi connectivity index (χ0n) is 13.5. The fourth-order valence-electron chi connectivity index (χ4n) is 3.47. The molecule has 2 aliphatic heterocycles. The molecule has 130 valence electrons. The van der Waals surface area contributed by atoms with E-state index in [9.17, 15) is 14.7 Å². The molecule has 0 spiro atoms. The van der Waals surface area contributed by atoms with E-state index in [0.29, 0.717) is 22.4 Å². The number of hydrogen-bond acceptors (Lipinski definition) is 6. The standard InChI is InChI=1S/C16H17N5O4/c1-7-2-9(5-22)25-16(7)21-4-8-3-10(12(17)23)15(24)20-13-11(8)14(21)19-6-18-13/h3-4,6-7,9,16,22H,2,5H2,1H3,(H2,17,23)(H,18,19,20,24)/t7-,9-,16+/m0/s1. The Morgan fingerprint density at radius 2 is 2.32 bits per heavy atom. The number of anilines is 1. The van der Waals surface area contributed by atoms with E-state index in [1.165, 1.54) is 12.4 Å². The summed E-state index contributed by atoms with van der Waals surface area (Å²) in [7, 11) is 0. The van der Waals surface area contributed by atoms with E-state index in [-0.39, 0.29) is 30.4 Å². The first-order valence-corrected chi connectivity index (χ1v) is 7.94. The number of carbonyl (C=O) groups is 2. The van der Waals surface area contributed by atoms with Crippen molar-refractivity contribution in [2.24, 2.45) is 11.7 Å². The van der Waals surface area contributed by atoms with Crippen LogP contribution in [0, 0.1) is 5.92 Å². The molecule has 4 rings (SSSR count). The highest BCUT2D eigenvalue weighted by molar-refractivity contribution is 6.28. The van der Waals surface area contributed by atoms with Gasteiger partial charge >= 0.3 is 0 Å². The first kappa shape index (κ1) is 15.7. The Morgan fingerprint density at radius 3 is 3.00 bits per heavy atom. The van der Waals surface area contributed by atoms with Gasteiger partial charge in [-0.05, 0) is 12.5 Å². The van der Waals surface area contributed by atoms with E-state index in [2.05, 4.69) is 15.3 Å². The predicted octanol–water partition coefficient (Wildman–Crippen LogP) is 0.168. The van der Waals surface area contributed by atoms with Gasteiger partial charge in [-0.2, -0.15) is 0 Å². The molecule has 25 heavy (non-hydrogen) atoms. The van der Waals surface area contributed by atoms with Crippen molar-refractivity contribution in [1.82, 2.24) is 14.5 Å². The van der Waals surface area contributed by atoms with Gasteiger partial charge in [0.05, 0.1) is 18.1 Å². The van der Waals surface area contributed by atoms with Crippen molar-refractivity contribution in [1.29, 1.82) is 0 Å². The highest BCUT2D eigenvalue weighted by Crippen LogP contribution is 2.39. The average Bonchev–Trinajstić information content (AvgIpc) is 3.08. The zero-order chi connectivity index (χ0) is 17.7. The minimum absolute atomic E-state index is 0.0467. The molecule has 1 saturated heterocycles. The number of nitrogens with two attached hydrogens (primary N) is 1. The molecule has 9 heteroatoms. The Balaban J connectivity index is 1.90. The van der Waals surface area contributed by atoms with Crippen molar-refractivity contribution in [2.75, 3.05) is 11.9 Å². The van der Waals surface area contributed by atoms with Crippen LogP contribution in [0.25, 0.3) is 17.1 Å². The molecule has 0 aliphatic carbocycles. The summed E-state index contributed by atoms with van der Waals surface area (Å²) < 4.78 is 7.76. The fourth-order valence-corrected chi connectivity index (χ4v) is 3.47. The number of rotatable bonds is 3. The number of aliphatic hydroxyl groups excluding tert-OH is 1. The summed E-state index contributed by atoms with van der Waals surface area (Å²) in [6.45, 7) is 1.99. The van der Waals surface area contributed by atoms with Gasteiger partial charge in [0.2, 0.25) is 0 Å². The Kier molecular flexibility index (Phi) is 3.55. The van der Waals surface area contributed by atoms with E-state index in [1.54, 1.807) is 6.20 Å². The highest BCUT2D eigenvalue weighted by Gasteiger charge is 2.35. The van der Waals surface area contributed by atoms with E-state index >= 15 is 0 Å². The number of primary amides is 1. The topological polar surface area (TPSA) is 132 Å². The lowest BCUT2D eigenvalue weighted by atomic mass is 10.1. The van der Waals surface area contributed by atoms with Crippen molar-refractivity contribution in [3.8, 4) is 0 Å². The van der Waals surface area contributed by atoms with Gasteiger partial charge in [0.1, 0.15) is 29.6 Å². The van der Waals surface area contributed by atoms with Crippen LogP contribution in [0.2, 0.25) is 0 Å². The molecule has 3 atom stereocenters. The zero-order valence-corrected chi connectivity index (χ0v) is 13.5. The van der Waals surface area contributed by atoms with Crippen molar-refractivity contribution < 1.29 is 19.4 Å². The lowest BCUT2D eigenvalue weighted by Crippen LogP contribution is -2.25. The summed E-state index contributed by atoms with van der Waals surface area (Å²) in [6, 6.07) is 0. The van der Waals surface area contributed by atoms with Crippen molar-refractivity contribution >= 4 is 34.7 Å². The van der Waals surface area contributed by atoms with Gasteiger partial charge in [-0.3, -0.25) is 9.59 Å². The number of amides is 2. The van der Waals surface area contributed by atoms with Crippen LogP contribution in [-0.2, 0) is 14.3 Å². The minimum atomic E-state index is -0.815. The first-order valence-electron chi connectivity index (χ1n) is 7.94. The van der Waals surface area contributed by atoms with Gasteiger partial charge in [0.15, 0.2) is 0 Å². The monoisotopic (exact) mass is 343 g/mol. The molecular weight excluding hydrogens is 326 g/mol. The normalized spacial score (nSPS) is 25.6. The number of hydrogen-bond donors (Lipinski definition) is 3. The van der Waals surface area contributed by atoms with Gasteiger partial charge in [0, 0.05) is 17.7 Å². The molecule has 0 saturated carbocycles. The lowest BCUT2D eigenvalue weighted by molar-refractivity contribution is -0.119. The number of aliphatic hydroxyl groups is 1.